The van der Waals surface area contributed by atoms with Crippen molar-refractivity contribution >= 4 is 11.6 Å². The van der Waals surface area contributed by atoms with Gasteiger partial charge in [-0.2, -0.15) is 5.10 Å². The summed E-state index contributed by atoms with van der Waals surface area (Å²) in [4.78, 5) is 23.0. The number of rotatable bonds is 7. The summed E-state index contributed by atoms with van der Waals surface area (Å²) in [6, 6.07) is 15.5. The molecule has 4 aromatic rings. The number of methoxy groups -OCH3 is 1. The van der Waals surface area contributed by atoms with E-state index in [1.807, 2.05) is 0 Å². The molecule has 34 heavy (non-hydrogen) atoms. The quantitative estimate of drug-likeness (QED) is 0.374. The van der Waals surface area contributed by atoms with Crippen LogP contribution in [0, 0.1) is 0 Å². The van der Waals surface area contributed by atoms with E-state index in [-0.39, 0.29) is 5.91 Å². The van der Waals surface area contributed by atoms with Gasteiger partial charge < -0.3 is 15.0 Å². The van der Waals surface area contributed by atoms with Crippen LogP contribution in [0.1, 0.15) is 35.2 Å². The smallest absolute Gasteiger partial charge is 0.255 e. The van der Waals surface area contributed by atoms with Gasteiger partial charge in [-0.25, -0.2) is 4.98 Å². The summed E-state index contributed by atoms with van der Waals surface area (Å²) in [6.45, 7) is 3.38. The maximum Gasteiger partial charge on any atom is 0.255 e. The Hall–Kier alpha value is -3.91. The third kappa shape index (κ3) is 4.87. The fraction of sp³-hybridized carbons (Fsp3) is 0.269. The Morgan fingerprint density at radius 2 is 1.79 bits per heavy atom. The van der Waals surface area contributed by atoms with Gasteiger partial charge in [0.2, 0.25) is 0 Å². The fourth-order valence-electron chi connectivity index (χ4n) is 4.26. The van der Waals surface area contributed by atoms with Gasteiger partial charge in [0, 0.05) is 12.1 Å². The monoisotopic (exact) mass is 456 g/mol. The molecule has 8 heteroatoms. The zero-order valence-corrected chi connectivity index (χ0v) is 19.2. The van der Waals surface area contributed by atoms with E-state index in [0.29, 0.717) is 28.5 Å². The number of nitrogens with zero attached hydrogens (tertiary/aromatic N) is 3. The Morgan fingerprint density at radius 3 is 2.53 bits per heavy atom. The highest BCUT2D eigenvalue weighted by molar-refractivity contribution is 6.05. The minimum absolute atomic E-state index is 0.235. The maximum absolute atomic E-state index is 12.7. The van der Waals surface area contributed by atoms with E-state index < -0.39 is 0 Å². The highest BCUT2D eigenvalue weighted by Gasteiger charge is 2.16. The van der Waals surface area contributed by atoms with Gasteiger partial charge in [0.25, 0.3) is 5.91 Å². The highest BCUT2D eigenvalue weighted by atomic mass is 16.5. The van der Waals surface area contributed by atoms with Gasteiger partial charge in [-0.15, -0.1) is 0 Å². The van der Waals surface area contributed by atoms with Crippen molar-refractivity contribution in [2.75, 3.05) is 25.5 Å². The van der Waals surface area contributed by atoms with Gasteiger partial charge in [0.05, 0.1) is 30.9 Å². The molecule has 5 rings (SSSR count). The minimum atomic E-state index is -0.235. The van der Waals surface area contributed by atoms with Crippen LogP contribution < -0.4 is 10.1 Å². The number of hydrogen-bond donors (Lipinski definition) is 3. The van der Waals surface area contributed by atoms with Crippen molar-refractivity contribution in [2.24, 2.45) is 0 Å². The normalized spacial score (nSPS) is 14.1. The fourth-order valence-corrected chi connectivity index (χ4v) is 4.26. The first-order valence-electron chi connectivity index (χ1n) is 11.6. The molecule has 0 spiro atoms. The average molecular weight is 457 g/mol. The Morgan fingerprint density at radius 1 is 1.03 bits per heavy atom. The van der Waals surface area contributed by atoms with Crippen LogP contribution in [0.4, 0.5) is 5.69 Å². The molecule has 0 aliphatic carbocycles. The second-order valence-electron chi connectivity index (χ2n) is 8.52. The Balaban J connectivity index is 1.27. The lowest BCUT2D eigenvalue weighted by Gasteiger charge is -2.26. The molecule has 3 heterocycles. The Labute approximate surface area is 198 Å². The highest BCUT2D eigenvalue weighted by Crippen LogP contribution is 2.27. The number of hydrogen-bond acceptors (Lipinski definition) is 5. The van der Waals surface area contributed by atoms with Crippen molar-refractivity contribution in [2.45, 2.75) is 25.8 Å². The first-order chi connectivity index (χ1) is 16.7. The minimum Gasteiger partial charge on any atom is -0.497 e. The Bertz CT molecular complexity index is 1240. The molecular weight excluding hydrogens is 428 g/mol. The van der Waals surface area contributed by atoms with Crippen LogP contribution in [0.15, 0.2) is 60.9 Å². The zero-order chi connectivity index (χ0) is 23.3. The van der Waals surface area contributed by atoms with Gasteiger partial charge in [-0.05, 0) is 61.3 Å². The van der Waals surface area contributed by atoms with Crippen LogP contribution >= 0.6 is 0 Å². The molecule has 0 bridgehead atoms. The molecule has 0 saturated carbocycles. The molecule has 174 valence electrons. The van der Waals surface area contributed by atoms with E-state index >= 15 is 0 Å². The molecule has 0 atom stereocenters. The van der Waals surface area contributed by atoms with Crippen LogP contribution in [0.25, 0.3) is 22.8 Å². The summed E-state index contributed by atoms with van der Waals surface area (Å²) in [5.74, 6) is 1.07. The summed E-state index contributed by atoms with van der Waals surface area (Å²) in [6.07, 6.45) is 7.32. The Kier molecular flexibility index (Phi) is 6.40. The summed E-state index contributed by atoms with van der Waals surface area (Å²) in [5.41, 5.74) is 4.99. The van der Waals surface area contributed by atoms with Crippen molar-refractivity contribution in [3.8, 4) is 28.5 Å². The standard InChI is InChI=1S/C26H28N6O2/c1-34-21-11-9-20(10-12-21)26(33)30-23-16-28-31-24(23)25-27-15-22(29-25)19-7-5-18(6-8-19)17-32-13-3-2-4-14-32/h5-12,15-16H,2-4,13-14,17H2,1H3,(H,27,29)(H,28,31)(H,30,33). The topological polar surface area (TPSA) is 98.9 Å². The van der Waals surface area contributed by atoms with Crippen molar-refractivity contribution in [1.82, 2.24) is 25.1 Å². The number of benzene rings is 2. The van der Waals surface area contributed by atoms with Crippen molar-refractivity contribution in [3.05, 3.63) is 72.1 Å². The lowest BCUT2D eigenvalue weighted by atomic mass is 10.1. The number of carbonyl (C=O) groups excluding carboxylic acids is 1. The van der Waals surface area contributed by atoms with E-state index in [9.17, 15) is 4.79 Å². The molecule has 0 radical (unpaired) electrons. The van der Waals surface area contributed by atoms with Crippen molar-refractivity contribution in [1.29, 1.82) is 0 Å². The first kappa shape index (κ1) is 21.9. The molecular formula is C26H28N6O2. The maximum atomic E-state index is 12.7. The molecule has 2 aromatic carbocycles. The number of amides is 1. The van der Waals surface area contributed by atoms with Gasteiger partial charge in [-0.3, -0.25) is 14.8 Å². The van der Waals surface area contributed by atoms with E-state index in [4.69, 9.17) is 4.74 Å². The third-order valence-corrected chi connectivity index (χ3v) is 6.17. The zero-order valence-electron chi connectivity index (χ0n) is 19.2. The van der Waals surface area contributed by atoms with Gasteiger partial charge >= 0.3 is 0 Å². The molecule has 1 saturated heterocycles. The number of anilines is 1. The molecule has 1 aliphatic rings. The van der Waals surface area contributed by atoms with Gasteiger partial charge in [0.15, 0.2) is 5.82 Å². The van der Waals surface area contributed by atoms with Crippen LogP contribution in [-0.4, -0.2) is 51.2 Å². The summed E-state index contributed by atoms with van der Waals surface area (Å²) in [7, 11) is 1.59. The molecule has 0 unspecified atom stereocenters. The number of imidazole rings is 1. The lowest BCUT2D eigenvalue weighted by Crippen LogP contribution is -2.28. The molecule has 8 nitrogen and oxygen atoms in total. The third-order valence-electron chi connectivity index (χ3n) is 6.17. The van der Waals surface area contributed by atoms with Gasteiger partial charge in [-0.1, -0.05) is 30.7 Å². The SMILES string of the molecule is COc1ccc(C(=O)Nc2cn[nH]c2-c2ncc(-c3ccc(CN4CCCCC4)cc3)[nH]2)cc1. The lowest BCUT2D eigenvalue weighted by molar-refractivity contribution is 0.102. The summed E-state index contributed by atoms with van der Waals surface area (Å²) < 4.78 is 5.15. The van der Waals surface area contributed by atoms with Crippen molar-refractivity contribution in [3.63, 3.8) is 0 Å². The second kappa shape index (κ2) is 9.93. The number of nitrogens with one attached hydrogen (secondary N) is 3. The summed E-state index contributed by atoms with van der Waals surface area (Å²) in [5, 5.41) is 9.93. The first-order valence-corrected chi connectivity index (χ1v) is 11.6. The molecule has 1 fully saturated rings. The van der Waals surface area contributed by atoms with E-state index in [2.05, 4.69) is 54.6 Å². The van der Waals surface area contributed by atoms with E-state index in [1.54, 1.807) is 43.8 Å². The number of likely N-dealkylation sites (tertiary alicyclic amines) is 1. The summed E-state index contributed by atoms with van der Waals surface area (Å²) >= 11 is 0. The number of carbonyl (C=O) groups is 1. The molecule has 3 N–H and O–H groups in total. The van der Waals surface area contributed by atoms with E-state index in [0.717, 1.165) is 17.8 Å². The van der Waals surface area contributed by atoms with Crippen LogP contribution in [0.5, 0.6) is 5.75 Å². The number of piperidine rings is 1. The van der Waals surface area contributed by atoms with E-state index in [1.165, 1.54) is 37.9 Å². The molecule has 1 aliphatic heterocycles. The predicted octanol–water partition coefficient (Wildman–Crippen LogP) is 4.71. The van der Waals surface area contributed by atoms with Crippen LogP contribution in [-0.2, 0) is 6.54 Å². The average Bonchev–Trinajstić information content (AvgIpc) is 3.55. The number of ether oxygens (including phenoxy) is 1. The number of H-pyrrole nitrogens is 2. The second-order valence-corrected chi connectivity index (χ2v) is 8.52. The largest absolute Gasteiger partial charge is 0.497 e. The molecule has 2 aromatic heterocycles. The van der Waals surface area contributed by atoms with Crippen molar-refractivity contribution < 1.29 is 9.53 Å². The molecule has 1 amide bonds. The van der Waals surface area contributed by atoms with Crippen LogP contribution in [0.3, 0.4) is 0 Å². The number of aromatic amines is 2. The number of aromatic nitrogens is 4. The predicted molar refractivity (Wildman–Crippen MR) is 132 cm³/mol. The van der Waals surface area contributed by atoms with Crippen LogP contribution in [0.2, 0.25) is 0 Å². The van der Waals surface area contributed by atoms with Gasteiger partial charge in [0.1, 0.15) is 11.4 Å².